The number of benzene rings is 3. The molecule has 0 aliphatic carbocycles. The van der Waals surface area contributed by atoms with E-state index in [1.54, 1.807) is 12.1 Å². The molecular formula is C31H40F3O2PS2Sn. The van der Waals surface area contributed by atoms with Crippen molar-refractivity contribution in [3.05, 3.63) is 102 Å². The van der Waals surface area contributed by atoms with Gasteiger partial charge in [-0.3, -0.25) is 0 Å². The Balaban J connectivity index is 0.000000536. The van der Waals surface area contributed by atoms with E-state index in [0.717, 1.165) is 8.87 Å². The van der Waals surface area contributed by atoms with Crippen molar-refractivity contribution in [3.8, 4) is 0 Å². The average Bonchev–Trinajstić information content (AvgIpc) is 2.89. The van der Waals surface area contributed by atoms with E-state index in [4.69, 9.17) is 33.1 Å². The van der Waals surface area contributed by atoms with Crippen molar-refractivity contribution in [2.75, 3.05) is 13.2 Å². The van der Waals surface area contributed by atoms with Crippen molar-refractivity contribution in [1.29, 1.82) is 0 Å². The Labute approximate surface area is 256 Å². The Morgan fingerprint density at radius 1 is 0.700 bits per heavy atom. The van der Waals surface area contributed by atoms with Gasteiger partial charge in [0.1, 0.15) is 0 Å². The minimum Gasteiger partial charge on any atom is -0.691 e. The summed E-state index contributed by atoms with van der Waals surface area (Å²) in [6, 6.07) is 26.7. The van der Waals surface area contributed by atoms with Crippen LogP contribution in [0.3, 0.4) is 0 Å². The smallest absolute Gasteiger partial charge is 0.0563 e. The van der Waals surface area contributed by atoms with Crippen molar-refractivity contribution in [2.24, 2.45) is 0 Å². The largest absolute Gasteiger partial charge is 0.691 e. The minimum absolute atomic E-state index is 0.179. The predicted octanol–water partition coefficient (Wildman–Crippen LogP) is 9.19. The van der Waals surface area contributed by atoms with Crippen molar-refractivity contribution in [2.45, 2.75) is 67.4 Å². The number of alkyl halides is 3. The van der Waals surface area contributed by atoms with Gasteiger partial charge in [-0.15, -0.1) is 0 Å². The third-order valence-electron chi connectivity index (χ3n) is 6.61. The van der Waals surface area contributed by atoms with Crippen LogP contribution in [0.15, 0.2) is 84.9 Å². The predicted molar refractivity (Wildman–Crippen MR) is 170 cm³/mol. The molecule has 0 saturated carbocycles. The molecule has 0 atom stereocenters. The Kier molecular flexibility index (Phi) is 13.8. The maximum absolute atomic E-state index is 14.0. The Bertz CT molecular complexity index is 1160. The van der Waals surface area contributed by atoms with Crippen LogP contribution < -0.4 is 3.58 Å². The van der Waals surface area contributed by atoms with Crippen LogP contribution in [0.25, 0.3) is 0 Å². The zero-order valence-electron chi connectivity index (χ0n) is 24.1. The first-order chi connectivity index (χ1) is 18.6. The van der Waals surface area contributed by atoms with E-state index in [-0.39, 0.29) is 10.8 Å². The molecule has 3 aromatic rings. The molecular weight excluding hydrogens is 675 g/mol. The fourth-order valence-corrected chi connectivity index (χ4v) is 18.0. The third kappa shape index (κ3) is 11.1. The summed E-state index contributed by atoms with van der Waals surface area (Å²) in [5.41, 5.74) is -0.687. The first kappa shape index (κ1) is 35.4. The molecule has 0 saturated heterocycles. The van der Waals surface area contributed by atoms with E-state index in [0.29, 0.717) is 16.8 Å². The molecule has 9 heteroatoms. The molecule has 0 amide bonds. The van der Waals surface area contributed by atoms with Crippen LogP contribution in [0.4, 0.5) is 13.2 Å². The monoisotopic (exact) mass is 716 g/mol. The Morgan fingerprint density at radius 3 is 1.45 bits per heavy atom. The second kappa shape index (κ2) is 15.6. The van der Waals surface area contributed by atoms with E-state index in [1.807, 2.05) is 50.2 Å². The van der Waals surface area contributed by atoms with E-state index in [2.05, 4.69) is 52.0 Å². The van der Waals surface area contributed by atoms with Gasteiger partial charge < -0.3 is 21.3 Å². The van der Waals surface area contributed by atoms with Crippen molar-refractivity contribution >= 4 is 53.1 Å². The van der Waals surface area contributed by atoms with Crippen LogP contribution in [0.2, 0.25) is 8.87 Å². The van der Waals surface area contributed by atoms with E-state index in [1.165, 1.54) is 23.3 Å². The molecule has 0 spiro atoms. The van der Waals surface area contributed by atoms with Crippen LogP contribution in [-0.4, -0.2) is 33.0 Å². The average molecular weight is 715 g/mol. The van der Waals surface area contributed by atoms with Gasteiger partial charge in [-0.2, -0.15) is 0 Å². The van der Waals surface area contributed by atoms with E-state index < -0.39 is 37.2 Å². The molecule has 0 radical (unpaired) electrons. The standard InChI is InChI=1S/2C10H13.C7H4F3.C4H11O2PS2.Sn/c2*1-10(2,3)9-7-5-4-6-8-9;8-7(9,10)6-4-2-1-3-5-6;1-3-5-7(8,9)6-4-2;/h2*4-8H,1H2,2-3H3;1-4H;3-4H2,1-2H3,(H,8,9);/q;;;;+1/p-1. The summed E-state index contributed by atoms with van der Waals surface area (Å²) < 4.78 is 54.1. The quantitative estimate of drug-likeness (QED) is 0.112. The van der Waals surface area contributed by atoms with Gasteiger partial charge in [0.15, 0.2) is 0 Å². The fourth-order valence-electron chi connectivity index (χ4n) is 4.69. The molecule has 0 bridgehead atoms. The summed E-state index contributed by atoms with van der Waals surface area (Å²) in [6.45, 7) is 13.5. The zero-order chi connectivity index (χ0) is 30.0. The molecule has 218 valence electrons. The second-order valence-corrected chi connectivity index (χ2v) is 22.8. The second-order valence-electron chi connectivity index (χ2n) is 10.8. The zero-order valence-corrected chi connectivity index (χ0v) is 29.5. The molecule has 0 heterocycles. The van der Waals surface area contributed by atoms with Crippen molar-refractivity contribution < 1.29 is 22.2 Å². The molecule has 0 aromatic heterocycles. The summed E-state index contributed by atoms with van der Waals surface area (Å²) in [5.74, 6) is 0. The van der Waals surface area contributed by atoms with Crippen LogP contribution in [0, 0.1) is 0 Å². The topological polar surface area (TPSA) is 18.5 Å². The summed E-state index contributed by atoms with van der Waals surface area (Å²) >= 11 is 6.86. The van der Waals surface area contributed by atoms with E-state index in [9.17, 15) is 13.2 Å². The maximum Gasteiger partial charge on any atom is 0.0563 e. The van der Waals surface area contributed by atoms with Gasteiger partial charge in [0.25, 0.3) is 0 Å². The molecule has 0 unspecified atom stereocenters. The van der Waals surface area contributed by atoms with Crippen molar-refractivity contribution in [3.63, 3.8) is 0 Å². The third-order valence-corrected chi connectivity index (χ3v) is 19.9. The van der Waals surface area contributed by atoms with E-state index >= 15 is 0 Å². The molecule has 0 aliphatic rings. The fraction of sp³-hybridized carbons (Fsp3) is 0.419. The summed E-state index contributed by atoms with van der Waals surface area (Å²) in [4.78, 5) is 0. The number of hydrogen-bond donors (Lipinski definition) is 0. The number of halogens is 3. The molecule has 0 aliphatic heterocycles. The minimum atomic E-state index is -4.32. The molecule has 3 rings (SSSR count). The van der Waals surface area contributed by atoms with Gasteiger partial charge >= 0.3 is 192 Å². The van der Waals surface area contributed by atoms with Gasteiger partial charge in [0, 0.05) is 13.2 Å². The van der Waals surface area contributed by atoms with Gasteiger partial charge in [-0.1, -0.05) is 11.8 Å². The maximum atomic E-state index is 14.0. The van der Waals surface area contributed by atoms with Crippen molar-refractivity contribution in [1.82, 2.24) is 0 Å². The van der Waals surface area contributed by atoms with Crippen LogP contribution in [0.5, 0.6) is 0 Å². The first-order valence-electron chi connectivity index (χ1n) is 13.4. The first-order valence-corrected chi connectivity index (χ1v) is 22.5. The normalized spacial score (nSPS) is 12.4. The SMILES string of the molecule is CC(C)([CH2][Sn+]([CH2]C(C)(C)c1ccccc1)[c]1ccccc1C(F)(F)F)c1ccccc1.CCOP(=S)([S-])OCC. The molecule has 40 heavy (non-hydrogen) atoms. The molecule has 3 aromatic carbocycles. The Hall–Kier alpha value is -0.831. The van der Waals surface area contributed by atoms with Crippen LogP contribution >= 0.6 is 5.69 Å². The summed E-state index contributed by atoms with van der Waals surface area (Å²) in [6.07, 6.45) is -4.32. The van der Waals surface area contributed by atoms with Gasteiger partial charge in [0.05, 0.1) is 5.69 Å². The number of rotatable bonds is 11. The summed E-state index contributed by atoms with van der Waals surface area (Å²) in [5, 5.41) is 0. The van der Waals surface area contributed by atoms with Crippen LogP contribution in [0.1, 0.15) is 58.2 Å². The van der Waals surface area contributed by atoms with Crippen LogP contribution in [-0.2, 0) is 50.1 Å². The van der Waals surface area contributed by atoms with Gasteiger partial charge in [0.2, 0.25) is 0 Å². The Morgan fingerprint density at radius 2 is 1.07 bits per heavy atom. The summed E-state index contributed by atoms with van der Waals surface area (Å²) in [7, 11) is 0. The molecule has 0 N–H and O–H groups in total. The number of hydrogen-bond acceptors (Lipinski definition) is 4. The van der Waals surface area contributed by atoms with Gasteiger partial charge in [-0.25, -0.2) is 0 Å². The molecule has 2 nitrogen and oxygen atoms in total. The molecule has 0 fully saturated rings. The van der Waals surface area contributed by atoms with Gasteiger partial charge in [-0.05, 0) is 13.8 Å².